The lowest BCUT2D eigenvalue weighted by Gasteiger charge is -2.33. The molecule has 3 aliphatic heterocycles. The summed E-state index contributed by atoms with van der Waals surface area (Å²) < 4.78 is 36.4. The maximum atomic E-state index is 14.9. The Hall–Kier alpha value is -2.78. The largest absolute Gasteiger partial charge is 0.486 e. The molecule has 166 valence electrons. The second kappa shape index (κ2) is 7.38. The van der Waals surface area contributed by atoms with E-state index >= 15 is 0 Å². The predicted octanol–water partition coefficient (Wildman–Crippen LogP) is 3.29. The van der Waals surface area contributed by atoms with E-state index in [9.17, 15) is 13.6 Å². The number of alkyl halides is 1. The lowest BCUT2D eigenvalue weighted by Crippen LogP contribution is -2.51. The number of piperidine rings is 1. The van der Waals surface area contributed by atoms with Crippen molar-refractivity contribution in [3.8, 4) is 5.75 Å². The van der Waals surface area contributed by atoms with Gasteiger partial charge in [0.25, 0.3) is 5.91 Å². The highest BCUT2D eigenvalue weighted by Gasteiger charge is 2.43. The third kappa shape index (κ3) is 3.22. The van der Waals surface area contributed by atoms with E-state index in [-0.39, 0.29) is 35.8 Å². The number of amides is 1. The van der Waals surface area contributed by atoms with Crippen LogP contribution in [0, 0.1) is 5.82 Å². The normalized spacial score (nSPS) is 26.5. The standard InChI is InChI=1S/C22H20ClF2N5O2/c23-11-7-26-21-15-9-29(10-17(15)28-30(21)8-11)22(31)14-3-1-12(24)5-18(14)32-19-6-13-2-4-16(27-13)20(19)25/h1,3,5,7-8,13,16,19-20,27H,2,4,6,9-10H2/t13-,16+,19+,20?/m0/s1. The van der Waals surface area contributed by atoms with Crippen LogP contribution in [-0.2, 0) is 13.1 Å². The van der Waals surface area contributed by atoms with Gasteiger partial charge in [-0.2, -0.15) is 5.10 Å². The molecule has 4 atom stereocenters. The average Bonchev–Trinajstić information content (AvgIpc) is 3.44. The van der Waals surface area contributed by atoms with Gasteiger partial charge in [0.05, 0.1) is 35.6 Å². The van der Waals surface area contributed by atoms with Crippen LogP contribution in [-0.4, -0.2) is 49.8 Å². The third-order valence-corrected chi connectivity index (χ3v) is 6.78. The zero-order valence-electron chi connectivity index (χ0n) is 17.0. The van der Waals surface area contributed by atoms with Gasteiger partial charge in [0.15, 0.2) is 11.8 Å². The molecule has 2 bridgehead atoms. The SMILES string of the molecule is O=C(c1ccc(F)cc1O[C@@H]1C[C@@H]2CC[C@@H](N2)C1F)N1Cc2nn3cc(Cl)cnc3c2C1. The molecule has 1 aromatic carbocycles. The number of carbonyl (C=O) groups excluding carboxylic acids is 1. The van der Waals surface area contributed by atoms with E-state index in [2.05, 4.69) is 15.4 Å². The summed E-state index contributed by atoms with van der Waals surface area (Å²) in [6.45, 7) is 0.599. The van der Waals surface area contributed by atoms with Crippen LogP contribution in [0.5, 0.6) is 5.75 Å². The quantitative estimate of drug-likeness (QED) is 0.650. The molecule has 3 aromatic rings. The maximum Gasteiger partial charge on any atom is 0.258 e. The summed E-state index contributed by atoms with van der Waals surface area (Å²) in [4.78, 5) is 19.3. The molecule has 1 unspecified atom stereocenters. The van der Waals surface area contributed by atoms with Crippen LogP contribution in [0.3, 0.4) is 0 Å². The van der Waals surface area contributed by atoms with E-state index in [0.29, 0.717) is 23.6 Å². The van der Waals surface area contributed by atoms with Gasteiger partial charge in [-0.05, 0) is 25.0 Å². The number of fused-ring (bicyclic) bond motifs is 5. The van der Waals surface area contributed by atoms with Crippen molar-refractivity contribution in [2.24, 2.45) is 0 Å². The Labute approximate surface area is 187 Å². The summed E-state index contributed by atoms with van der Waals surface area (Å²) in [5, 5.41) is 8.19. The Morgan fingerprint density at radius 2 is 2.16 bits per heavy atom. The maximum absolute atomic E-state index is 14.9. The van der Waals surface area contributed by atoms with Crippen LogP contribution in [0.2, 0.25) is 5.02 Å². The Morgan fingerprint density at radius 1 is 1.28 bits per heavy atom. The highest BCUT2D eigenvalue weighted by atomic mass is 35.5. The smallest absolute Gasteiger partial charge is 0.258 e. The molecule has 2 fully saturated rings. The molecule has 1 amide bonds. The minimum atomic E-state index is -1.21. The van der Waals surface area contributed by atoms with Gasteiger partial charge in [-0.25, -0.2) is 18.3 Å². The fourth-order valence-corrected chi connectivity index (χ4v) is 5.18. The monoisotopic (exact) mass is 459 g/mol. The van der Waals surface area contributed by atoms with Gasteiger partial charge in [-0.15, -0.1) is 0 Å². The van der Waals surface area contributed by atoms with Gasteiger partial charge < -0.3 is 15.0 Å². The Bertz CT molecular complexity index is 1230. The molecular formula is C22H20ClF2N5O2. The van der Waals surface area contributed by atoms with Crippen molar-refractivity contribution in [2.45, 2.75) is 56.7 Å². The van der Waals surface area contributed by atoms with Gasteiger partial charge in [-0.3, -0.25) is 4.79 Å². The van der Waals surface area contributed by atoms with Crippen molar-refractivity contribution < 1.29 is 18.3 Å². The minimum absolute atomic E-state index is 0.0765. The Morgan fingerprint density at radius 3 is 3.03 bits per heavy atom. The highest BCUT2D eigenvalue weighted by molar-refractivity contribution is 6.30. The summed E-state index contributed by atoms with van der Waals surface area (Å²) >= 11 is 5.98. The average molecular weight is 460 g/mol. The molecule has 7 nitrogen and oxygen atoms in total. The molecule has 0 aliphatic carbocycles. The molecule has 10 heteroatoms. The van der Waals surface area contributed by atoms with Crippen molar-refractivity contribution in [1.29, 1.82) is 0 Å². The molecule has 32 heavy (non-hydrogen) atoms. The number of halogens is 3. The van der Waals surface area contributed by atoms with E-state index in [1.54, 1.807) is 15.6 Å². The first kappa shape index (κ1) is 19.9. The summed E-state index contributed by atoms with van der Waals surface area (Å²) in [6.07, 6.45) is 3.43. The Kier molecular flexibility index (Phi) is 4.58. The molecule has 0 spiro atoms. The second-order valence-electron chi connectivity index (χ2n) is 8.65. The number of nitrogens with one attached hydrogen (secondary N) is 1. The molecular weight excluding hydrogens is 440 g/mol. The lowest BCUT2D eigenvalue weighted by atomic mass is 10.00. The molecule has 2 aromatic heterocycles. The minimum Gasteiger partial charge on any atom is -0.486 e. The number of benzene rings is 1. The van der Waals surface area contributed by atoms with Crippen LogP contribution in [0.25, 0.3) is 5.65 Å². The molecule has 6 rings (SSSR count). The molecule has 2 saturated heterocycles. The first-order valence-corrected chi connectivity index (χ1v) is 11.0. The van der Waals surface area contributed by atoms with Crippen molar-refractivity contribution in [2.75, 3.05) is 0 Å². The number of rotatable bonds is 3. The van der Waals surface area contributed by atoms with Gasteiger partial charge in [0, 0.05) is 36.3 Å². The van der Waals surface area contributed by atoms with Gasteiger partial charge in [-0.1, -0.05) is 11.6 Å². The Balaban J connectivity index is 1.26. The van der Waals surface area contributed by atoms with Gasteiger partial charge in [0.1, 0.15) is 17.7 Å². The van der Waals surface area contributed by atoms with E-state index in [0.717, 1.165) is 24.1 Å². The zero-order chi connectivity index (χ0) is 22.0. The highest BCUT2D eigenvalue weighted by Crippen LogP contribution is 2.34. The summed E-state index contributed by atoms with van der Waals surface area (Å²) in [5.74, 6) is -0.780. The van der Waals surface area contributed by atoms with Crippen LogP contribution < -0.4 is 10.1 Å². The van der Waals surface area contributed by atoms with E-state index in [4.69, 9.17) is 16.3 Å². The second-order valence-corrected chi connectivity index (χ2v) is 9.09. The number of hydrogen-bond donors (Lipinski definition) is 1. The predicted molar refractivity (Wildman–Crippen MR) is 112 cm³/mol. The van der Waals surface area contributed by atoms with E-state index in [1.165, 1.54) is 24.4 Å². The number of carbonyl (C=O) groups is 1. The van der Waals surface area contributed by atoms with Crippen molar-refractivity contribution in [3.05, 3.63) is 58.3 Å². The van der Waals surface area contributed by atoms with Crippen LogP contribution in [0.1, 0.15) is 40.9 Å². The first-order chi connectivity index (χ1) is 15.5. The van der Waals surface area contributed by atoms with Crippen molar-refractivity contribution in [3.63, 3.8) is 0 Å². The molecule has 5 heterocycles. The third-order valence-electron chi connectivity index (χ3n) is 6.58. The number of hydrogen-bond acceptors (Lipinski definition) is 5. The van der Waals surface area contributed by atoms with Crippen molar-refractivity contribution in [1.82, 2.24) is 24.8 Å². The molecule has 3 aliphatic rings. The summed E-state index contributed by atoms with van der Waals surface area (Å²) in [5.41, 5.74) is 2.43. The lowest BCUT2D eigenvalue weighted by molar-refractivity contribution is 0.0439. The fourth-order valence-electron chi connectivity index (χ4n) is 5.04. The van der Waals surface area contributed by atoms with Crippen LogP contribution in [0.15, 0.2) is 30.6 Å². The van der Waals surface area contributed by atoms with Crippen LogP contribution in [0.4, 0.5) is 8.78 Å². The summed E-state index contributed by atoms with van der Waals surface area (Å²) in [7, 11) is 0. The van der Waals surface area contributed by atoms with Gasteiger partial charge in [0.2, 0.25) is 0 Å². The molecule has 1 N–H and O–H groups in total. The number of ether oxygens (including phenoxy) is 1. The number of nitrogens with zero attached hydrogens (tertiary/aromatic N) is 4. The molecule has 0 saturated carbocycles. The first-order valence-electron chi connectivity index (χ1n) is 10.6. The molecule has 0 radical (unpaired) electrons. The van der Waals surface area contributed by atoms with E-state index < -0.39 is 18.1 Å². The zero-order valence-corrected chi connectivity index (χ0v) is 17.7. The topological polar surface area (TPSA) is 71.8 Å². The van der Waals surface area contributed by atoms with Crippen molar-refractivity contribution >= 4 is 23.2 Å². The summed E-state index contributed by atoms with van der Waals surface area (Å²) in [6, 6.07) is 3.72. The van der Waals surface area contributed by atoms with Crippen LogP contribution >= 0.6 is 11.6 Å². The fraction of sp³-hybridized carbons (Fsp3) is 0.409. The number of aromatic nitrogens is 3. The van der Waals surface area contributed by atoms with E-state index in [1.807, 2.05) is 0 Å². The van der Waals surface area contributed by atoms with Gasteiger partial charge >= 0.3 is 0 Å².